The Hall–Kier alpha value is -0.363. The van der Waals surface area contributed by atoms with Crippen molar-refractivity contribution in [3.63, 3.8) is 0 Å². The predicted octanol–water partition coefficient (Wildman–Crippen LogP) is 0.994. The molecule has 0 atom stereocenters. The molecule has 0 unspecified atom stereocenters. The average Bonchev–Trinajstić information content (AvgIpc) is 2.25. The average molecular weight is 234 g/mol. The van der Waals surface area contributed by atoms with E-state index in [0.29, 0.717) is 0 Å². The highest BCUT2D eigenvalue weighted by molar-refractivity contribution is 6.32. The topological polar surface area (TPSA) is 36.9 Å². The summed E-state index contributed by atoms with van der Waals surface area (Å²) in [6.07, 6.45) is 2.64. The molecule has 0 N–H and O–H groups in total. The highest BCUT2D eigenvalue weighted by Gasteiger charge is 2.33. The van der Waals surface area contributed by atoms with E-state index >= 15 is 0 Å². The van der Waals surface area contributed by atoms with E-state index in [2.05, 4.69) is 6.92 Å². The van der Waals surface area contributed by atoms with Crippen molar-refractivity contribution in [3.8, 4) is 0 Å². The van der Waals surface area contributed by atoms with E-state index in [-0.39, 0.29) is 0 Å². The van der Waals surface area contributed by atoms with E-state index in [1.807, 2.05) is 6.92 Å². The van der Waals surface area contributed by atoms with Crippen molar-refractivity contribution in [2.45, 2.75) is 25.7 Å². The third-order valence-corrected chi connectivity index (χ3v) is 4.20. The van der Waals surface area contributed by atoms with Crippen LogP contribution < -0.4 is 0 Å². The summed E-state index contributed by atoms with van der Waals surface area (Å²) in [4.78, 5) is 0. The van der Waals surface area contributed by atoms with Crippen LogP contribution in [-0.4, -0.2) is 43.1 Å². The van der Waals surface area contributed by atoms with Gasteiger partial charge in [-0.1, -0.05) is 6.92 Å². The first-order valence-corrected chi connectivity index (χ1v) is 6.33. The molecule has 5 heteroatoms. The van der Waals surface area contributed by atoms with Gasteiger partial charge in [-0.3, -0.25) is 0 Å². The molecule has 0 spiro atoms. The van der Waals surface area contributed by atoms with Crippen LogP contribution in [0.25, 0.3) is 0 Å². The molecular formula is C10H22O4Si. The SMILES string of the molecule is CCCO[SiH2]C(OC)(OC)/C(C)=C/OC. The molecule has 0 aromatic carbocycles. The highest BCUT2D eigenvalue weighted by atomic mass is 28.2. The quantitative estimate of drug-likeness (QED) is 0.272. The molecule has 0 heterocycles. The Kier molecular flexibility index (Phi) is 7.68. The number of hydrogen-bond acceptors (Lipinski definition) is 4. The van der Waals surface area contributed by atoms with Crippen LogP contribution in [0.2, 0.25) is 0 Å². The lowest BCUT2D eigenvalue weighted by Gasteiger charge is -2.30. The van der Waals surface area contributed by atoms with E-state index in [0.717, 1.165) is 18.6 Å². The molecule has 0 aromatic heterocycles. The number of hydrogen-bond donors (Lipinski definition) is 0. The van der Waals surface area contributed by atoms with Crippen LogP contribution in [0.15, 0.2) is 11.8 Å². The van der Waals surface area contributed by atoms with Crippen LogP contribution in [0, 0.1) is 0 Å². The second kappa shape index (κ2) is 7.87. The lowest BCUT2D eigenvalue weighted by Crippen LogP contribution is -2.43. The van der Waals surface area contributed by atoms with Crippen molar-refractivity contribution < 1.29 is 18.6 Å². The van der Waals surface area contributed by atoms with E-state index < -0.39 is 15.2 Å². The maximum Gasteiger partial charge on any atom is 0.233 e. The molecule has 0 bridgehead atoms. The summed E-state index contributed by atoms with van der Waals surface area (Å²) in [5.41, 5.74) is 0.198. The van der Waals surface area contributed by atoms with Gasteiger partial charge in [0.05, 0.1) is 13.4 Å². The maximum absolute atomic E-state index is 5.59. The van der Waals surface area contributed by atoms with Gasteiger partial charge in [0, 0.05) is 26.4 Å². The normalized spacial score (nSPS) is 13.8. The molecule has 15 heavy (non-hydrogen) atoms. The summed E-state index contributed by atoms with van der Waals surface area (Å²) in [5.74, 6) is 0. The first kappa shape index (κ1) is 14.6. The van der Waals surface area contributed by atoms with Crippen LogP contribution in [-0.2, 0) is 18.6 Å². The molecule has 0 amide bonds. The van der Waals surface area contributed by atoms with Crippen molar-refractivity contribution in [1.82, 2.24) is 0 Å². The monoisotopic (exact) mass is 234 g/mol. The van der Waals surface area contributed by atoms with E-state index in [1.54, 1.807) is 27.6 Å². The fourth-order valence-electron chi connectivity index (χ4n) is 1.25. The molecule has 0 aliphatic carbocycles. The van der Waals surface area contributed by atoms with E-state index in [9.17, 15) is 0 Å². The Morgan fingerprint density at radius 1 is 1.27 bits per heavy atom. The third-order valence-electron chi connectivity index (χ3n) is 2.20. The van der Waals surface area contributed by atoms with Crippen LogP contribution in [0.3, 0.4) is 0 Å². The summed E-state index contributed by atoms with van der Waals surface area (Å²) in [6.45, 7) is 4.74. The van der Waals surface area contributed by atoms with Gasteiger partial charge < -0.3 is 18.6 Å². The Labute approximate surface area is 94.5 Å². The number of ether oxygens (including phenoxy) is 3. The minimum atomic E-state index is -0.953. The fourth-order valence-corrected chi connectivity index (χ4v) is 2.50. The zero-order valence-corrected chi connectivity index (χ0v) is 11.7. The smallest absolute Gasteiger partial charge is 0.233 e. The molecule has 0 radical (unpaired) electrons. The summed E-state index contributed by atoms with van der Waals surface area (Å²) >= 11 is 0. The predicted molar refractivity (Wildman–Crippen MR) is 62.3 cm³/mol. The van der Waals surface area contributed by atoms with Gasteiger partial charge in [-0.05, 0) is 13.3 Å². The standard InChI is InChI=1S/C10H22O4Si/c1-6-7-14-15-10(12-4,13-5)9(2)8-11-3/h8H,6-7,15H2,1-5H3/b9-8+. The molecule has 0 fully saturated rings. The highest BCUT2D eigenvalue weighted by Crippen LogP contribution is 2.20. The van der Waals surface area contributed by atoms with Crippen LogP contribution in [0.5, 0.6) is 0 Å². The van der Waals surface area contributed by atoms with Gasteiger partial charge in [0.15, 0.2) is 5.41 Å². The molecule has 0 aliphatic heterocycles. The molecule has 4 nitrogen and oxygen atoms in total. The summed E-state index contributed by atoms with van der Waals surface area (Å²) in [5, 5.41) is 0. The molecule has 0 saturated carbocycles. The van der Waals surface area contributed by atoms with Crippen molar-refractivity contribution in [1.29, 1.82) is 0 Å². The van der Waals surface area contributed by atoms with Gasteiger partial charge in [-0.2, -0.15) is 0 Å². The summed E-state index contributed by atoms with van der Waals surface area (Å²) in [6, 6.07) is 0. The first-order valence-electron chi connectivity index (χ1n) is 5.05. The molecule has 0 rings (SSSR count). The van der Waals surface area contributed by atoms with Gasteiger partial charge in [-0.25, -0.2) is 0 Å². The summed E-state index contributed by atoms with van der Waals surface area (Å²) < 4.78 is 21.4. The molecule has 90 valence electrons. The van der Waals surface area contributed by atoms with Crippen LogP contribution >= 0.6 is 0 Å². The summed E-state index contributed by atoms with van der Waals surface area (Å²) in [7, 11) is 3.90. The molecular weight excluding hydrogens is 212 g/mol. The van der Waals surface area contributed by atoms with Gasteiger partial charge >= 0.3 is 0 Å². The molecule has 0 aliphatic rings. The van der Waals surface area contributed by atoms with Crippen molar-refractivity contribution >= 4 is 9.76 Å². The first-order chi connectivity index (χ1) is 7.16. The number of rotatable bonds is 8. The minimum Gasteiger partial charge on any atom is -0.504 e. The maximum atomic E-state index is 5.59. The fraction of sp³-hybridized carbons (Fsp3) is 0.800. The lowest BCUT2D eigenvalue weighted by atomic mass is 10.3. The number of methoxy groups -OCH3 is 3. The second-order valence-corrected chi connectivity index (χ2v) is 4.88. The van der Waals surface area contributed by atoms with Gasteiger partial charge in [0.1, 0.15) is 0 Å². The Bertz CT molecular complexity index is 190. The largest absolute Gasteiger partial charge is 0.504 e. The van der Waals surface area contributed by atoms with Crippen molar-refractivity contribution in [2.24, 2.45) is 0 Å². The molecule has 0 saturated heterocycles. The van der Waals surface area contributed by atoms with Gasteiger partial charge in [0.2, 0.25) is 9.76 Å². The third kappa shape index (κ3) is 4.34. The van der Waals surface area contributed by atoms with Crippen molar-refractivity contribution in [2.75, 3.05) is 27.9 Å². The minimum absolute atomic E-state index is 0.703. The molecule has 0 aromatic rings. The van der Waals surface area contributed by atoms with Gasteiger partial charge in [-0.15, -0.1) is 0 Å². The lowest BCUT2D eigenvalue weighted by molar-refractivity contribution is -0.125. The zero-order valence-electron chi connectivity index (χ0n) is 10.3. The van der Waals surface area contributed by atoms with Crippen LogP contribution in [0.1, 0.15) is 20.3 Å². The van der Waals surface area contributed by atoms with Crippen LogP contribution in [0.4, 0.5) is 0 Å². The van der Waals surface area contributed by atoms with E-state index in [4.69, 9.17) is 18.6 Å². The second-order valence-electron chi connectivity index (χ2n) is 3.25. The van der Waals surface area contributed by atoms with Crippen molar-refractivity contribution in [3.05, 3.63) is 11.8 Å². The van der Waals surface area contributed by atoms with E-state index in [1.165, 1.54) is 0 Å². The zero-order chi connectivity index (χ0) is 11.7. The Morgan fingerprint density at radius 3 is 2.27 bits per heavy atom. The van der Waals surface area contributed by atoms with Gasteiger partial charge in [0.25, 0.3) is 0 Å². The Balaban J connectivity index is 4.49. The Morgan fingerprint density at radius 2 is 1.87 bits per heavy atom.